The average Bonchev–Trinajstić information content (AvgIpc) is 2.78. The lowest BCUT2D eigenvalue weighted by Crippen LogP contribution is -2.43. The highest BCUT2D eigenvalue weighted by Crippen LogP contribution is 2.21. The van der Waals surface area contributed by atoms with Gasteiger partial charge in [-0.25, -0.2) is 9.59 Å². The molecule has 1 fully saturated rings. The number of carbonyl (C=O) groups is 2. The number of hydrogen-bond acceptors (Lipinski definition) is 3. The minimum Gasteiger partial charge on any atom is -0.465 e. The lowest BCUT2D eigenvalue weighted by atomic mass is 10.0. The lowest BCUT2D eigenvalue weighted by molar-refractivity contribution is 0.0564. The first-order valence-corrected chi connectivity index (χ1v) is 7.87. The van der Waals surface area contributed by atoms with Crippen molar-refractivity contribution in [3.8, 4) is 0 Å². The molecule has 0 radical (unpaired) electrons. The van der Waals surface area contributed by atoms with Crippen LogP contribution in [0.4, 0.5) is 15.3 Å². The maximum Gasteiger partial charge on any atom is 0.407 e. The van der Waals surface area contributed by atoms with E-state index in [0.29, 0.717) is 52.2 Å². The van der Waals surface area contributed by atoms with Crippen molar-refractivity contribution in [2.45, 2.75) is 12.8 Å². The largest absolute Gasteiger partial charge is 0.465 e. The van der Waals surface area contributed by atoms with E-state index >= 15 is 0 Å². The van der Waals surface area contributed by atoms with Gasteiger partial charge in [0.2, 0.25) is 0 Å². The summed E-state index contributed by atoms with van der Waals surface area (Å²) in [7, 11) is 0. The Morgan fingerprint density at radius 1 is 1.00 bits per heavy atom. The minimum atomic E-state index is -0.876. The molecule has 2 aliphatic rings. The number of anilines is 1. The van der Waals surface area contributed by atoms with Gasteiger partial charge in [0.1, 0.15) is 0 Å². The first-order valence-electron chi connectivity index (χ1n) is 7.87. The van der Waals surface area contributed by atoms with Gasteiger partial charge in [0, 0.05) is 31.9 Å². The summed E-state index contributed by atoms with van der Waals surface area (Å²) in [5.41, 5.74) is 3.01. The predicted octanol–water partition coefficient (Wildman–Crippen LogP) is 1.63. The molecule has 0 saturated carbocycles. The molecule has 7 heteroatoms. The van der Waals surface area contributed by atoms with Crippen LogP contribution in [0.2, 0.25) is 0 Å². The van der Waals surface area contributed by atoms with E-state index in [4.69, 9.17) is 9.84 Å². The van der Waals surface area contributed by atoms with Crippen molar-refractivity contribution in [3.05, 3.63) is 29.3 Å². The molecule has 0 aliphatic carbocycles. The normalized spacial score (nSPS) is 18.1. The highest BCUT2D eigenvalue weighted by molar-refractivity contribution is 5.89. The Bertz CT molecular complexity index is 599. The molecule has 2 heterocycles. The van der Waals surface area contributed by atoms with Crippen molar-refractivity contribution in [2.24, 2.45) is 0 Å². The molecule has 1 aromatic rings. The molecular weight excluding hydrogens is 298 g/mol. The number of amides is 3. The number of rotatable bonds is 1. The molecule has 0 spiro atoms. The Balaban J connectivity index is 1.67. The second-order valence-corrected chi connectivity index (χ2v) is 5.78. The summed E-state index contributed by atoms with van der Waals surface area (Å²) < 4.78 is 5.24. The fourth-order valence-electron chi connectivity index (χ4n) is 2.96. The Labute approximate surface area is 134 Å². The molecule has 23 heavy (non-hydrogen) atoms. The second-order valence-electron chi connectivity index (χ2n) is 5.78. The quantitative estimate of drug-likeness (QED) is 0.824. The van der Waals surface area contributed by atoms with Crippen molar-refractivity contribution in [3.63, 3.8) is 0 Å². The Kier molecular flexibility index (Phi) is 4.66. The number of hydrogen-bond donors (Lipinski definition) is 2. The lowest BCUT2D eigenvalue weighted by Gasteiger charge is -2.27. The Morgan fingerprint density at radius 3 is 2.39 bits per heavy atom. The van der Waals surface area contributed by atoms with E-state index in [9.17, 15) is 9.59 Å². The molecule has 7 nitrogen and oxygen atoms in total. The average molecular weight is 319 g/mol. The third kappa shape index (κ3) is 3.73. The van der Waals surface area contributed by atoms with E-state index in [2.05, 4.69) is 5.32 Å². The van der Waals surface area contributed by atoms with E-state index in [-0.39, 0.29) is 6.03 Å². The monoisotopic (exact) mass is 319 g/mol. The molecule has 2 N–H and O–H groups in total. The van der Waals surface area contributed by atoms with E-state index in [0.717, 1.165) is 16.8 Å². The van der Waals surface area contributed by atoms with Gasteiger partial charge in [-0.3, -0.25) is 0 Å². The fraction of sp³-hybridized carbons (Fsp3) is 0.500. The first-order chi connectivity index (χ1) is 11.1. The highest BCUT2D eigenvalue weighted by atomic mass is 16.5. The minimum absolute atomic E-state index is 0.117. The van der Waals surface area contributed by atoms with Gasteiger partial charge in [0.25, 0.3) is 0 Å². The van der Waals surface area contributed by atoms with Crippen molar-refractivity contribution in [1.29, 1.82) is 0 Å². The smallest absolute Gasteiger partial charge is 0.407 e. The van der Waals surface area contributed by atoms with Crippen molar-refractivity contribution in [1.82, 2.24) is 9.80 Å². The Morgan fingerprint density at radius 2 is 1.70 bits per heavy atom. The molecular formula is C16H21N3O4. The van der Waals surface area contributed by atoms with Crippen molar-refractivity contribution >= 4 is 17.8 Å². The van der Waals surface area contributed by atoms with Gasteiger partial charge in [-0.05, 0) is 36.1 Å². The van der Waals surface area contributed by atoms with E-state index in [1.807, 2.05) is 18.2 Å². The second kappa shape index (κ2) is 6.87. The first kappa shape index (κ1) is 15.6. The molecule has 0 aromatic heterocycles. The summed E-state index contributed by atoms with van der Waals surface area (Å²) in [6.07, 6.45) is 0.501. The van der Waals surface area contributed by atoms with Crippen LogP contribution in [0.5, 0.6) is 0 Å². The van der Waals surface area contributed by atoms with Gasteiger partial charge < -0.3 is 25.0 Å². The summed E-state index contributed by atoms with van der Waals surface area (Å²) in [5, 5.41) is 12.0. The van der Waals surface area contributed by atoms with Crippen LogP contribution in [0, 0.1) is 0 Å². The SMILES string of the molecule is O=C(O)N1CCc2ccc(NC(=O)N3CCOCC3)cc2CC1. The summed E-state index contributed by atoms with van der Waals surface area (Å²) in [6, 6.07) is 5.71. The van der Waals surface area contributed by atoms with Gasteiger partial charge in [-0.1, -0.05) is 6.07 Å². The van der Waals surface area contributed by atoms with Crippen LogP contribution < -0.4 is 5.32 Å². The number of nitrogens with one attached hydrogen (secondary N) is 1. The molecule has 1 aromatic carbocycles. The number of fused-ring (bicyclic) bond motifs is 1. The molecule has 124 valence electrons. The van der Waals surface area contributed by atoms with Gasteiger partial charge in [-0.15, -0.1) is 0 Å². The summed E-state index contributed by atoms with van der Waals surface area (Å²) >= 11 is 0. The third-order valence-corrected chi connectivity index (χ3v) is 4.33. The zero-order valence-corrected chi connectivity index (χ0v) is 13.0. The summed E-state index contributed by atoms with van der Waals surface area (Å²) in [6.45, 7) is 3.35. The molecule has 3 rings (SSSR count). The molecule has 2 aliphatic heterocycles. The predicted molar refractivity (Wildman–Crippen MR) is 84.9 cm³/mol. The zero-order valence-electron chi connectivity index (χ0n) is 13.0. The standard InChI is InChI=1S/C16H21N3O4/c20-15(18-7-9-23-10-8-18)17-14-2-1-12-3-5-19(16(21)22)6-4-13(12)11-14/h1-2,11H,3-10H2,(H,17,20)(H,21,22). The maximum absolute atomic E-state index is 12.2. The summed E-state index contributed by atoms with van der Waals surface area (Å²) in [4.78, 5) is 26.5. The van der Waals surface area contributed by atoms with Crippen LogP contribution in [0.25, 0.3) is 0 Å². The van der Waals surface area contributed by atoms with E-state index in [1.165, 1.54) is 4.90 Å². The number of carbonyl (C=O) groups excluding carboxylic acids is 1. The van der Waals surface area contributed by atoms with Crippen LogP contribution in [0.1, 0.15) is 11.1 Å². The molecule has 0 atom stereocenters. The topological polar surface area (TPSA) is 82.1 Å². The third-order valence-electron chi connectivity index (χ3n) is 4.33. The van der Waals surface area contributed by atoms with Crippen LogP contribution in [0.15, 0.2) is 18.2 Å². The number of benzene rings is 1. The van der Waals surface area contributed by atoms with Crippen LogP contribution >= 0.6 is 0 Å². The maximum atomic E-state index is 12.2. The highest BCUT2D eigenvalue weighted by Gasteiger charge is 2.19. The van der Waals surface area contributed by atoms with E-state index < -0.39 is 6.09 Å². The number of urea groups is 1. The van der Waals surface area contributed by atoms with Gasteiger partial charge in [0.15, 0.2) is 0 Å². The number of ether oxygens (including phenoxy) is 1. The summed E-state index contributed by atoms with van der Waals surface area (Å²) in [5.74, 6) is 0. The molecule has 1 saturated heterocycles. The van der Waals surface area contributed by atoms with E-state index in [1.54, 1.807) is 4.90 Å². The van der Waals surface area contributed by atoms with Crippen molar-refractivity contribution in [2.75, 3.05) is 44.7 Å². The van der Waals surface area contributed by atoms with Crippen LogP contribution in [-0.4, -0.2) is 66.4 Å². The van der Waals surface area contributed by atoms with Gasteiger partial charge in [0.05, 0.1) is 13.2 Å². The molecule has 0 bridgehead atoms. The zero-order chi connectivity index (χ0) is 16.2. The van der Waals surface area contributed by atoms with Crippen LogP contribution in [-0.2, 0) is 17.6 Å². The van der Waals surface area contributed by atoms with Gasteiger partial charge >= 0.3 is 12.1 Å². The van der Waals surface area contributed by atoms with Crippen molar-refractivity contribution < 1.29 is 19.4 Å². The number of nitrogens with zero attached hydrogens (tertiary/aromatic N) is 2. The number of carboxylic acid groups (broad SMARTS) is 1. The molecule has 0 unspecified atom stereocenters. The fourth-order valence-corrected chi connectivity index (χ4v) is 2.96. The van der Waals surface area contributed by atoms with Crippen LogP contribution in [0.3, 0.4) is 0 Å². The van der Waals surface area contributed by atoms with Gasteiger partial charge in [-0.2, -0.15) is 0 Å². The Hall–Kier alpha value is -2.28. The molecule has 3 amide bonds. The number of morpholine rings is 1.